The van der Waals surface area contributed by atoms with Gasteiger partial charge in [-0.25, -0.2) is 0 Å². The van der Waals surface area contributed by atoms with E-state index in [1.54, 1.807) is 31.4 Å². The first-order valence-corrected chi connectivity index (χ1v) is 9.82. The number of rotatable bonds is 3. The van der Waals surface area contributed by atoms with E-state index in [2.05, 4.69) is 12.2 Å². The Labute approximate surface area is 170 Å². The zero-order valence-electron chi connectivity index (χ0n) is 16.6. The maximum absolute atomic E-state index is 12.8. The molecule has 2 aromatic rings. The van der Waals surface area contributed by atoms with E-state index in [-0.39, 0.29) is 17.6 Å². The fourth-order valence-corrected chi connectivity index (χ4v) is 3.61. The lowest BCUT2D eigenvalue weighted by atomic mass is 9.98. The summed E-state index contributed by atoms with van der Waals surface area (Å²) in [4.78, 5) is 27.2. The number of likely N-dealkylation sites (tertiary alicyclic amines) is 1. The fourth-order valence-electron chi connectivity index (χ4n) is 3.61. The summed E-state index contributed by atoms with van der Waals surface area (Å²) in [6, 6.07) is 12.6. The number of carbonyl (C=O) groups excluding carboxylic acids is 2. The van der Waals surface area contributed by atoms with Gasteiger partial charge in [-0.15, -0.1) is 0 Å². The Bertz CT molecular complexity index is 975. The van der Waals surface area contributed by atoms with E-state index in [1.807, 2.05) is 29.2 Å². The molecule has 1 saturated heterocycles. The molecule has 2 heterocycles. The molecule has 0 bridgehead atoms. The van der Waals surface area contributed by atoms with Gasteiger partial charge in [-0.1, -0.05) is 25.1 Å². The second-order valence-electron chi connectivity index (χ2n) is 7.49. The van der Waals surface area contributed by atoms with Gasteiger partial charge in [0, 0.05) is 24.2 Å². The average molecular weight is 392 g/mol. The first-order valence-electron chi connectivity index (χ1n) is 9.82. The van der Waals surface area contributed by atoms with Gasteiger partial charge in [-0.3, -0.25) is 9.59 Å². The van der Waals surface area contributed by atoms with Gasteiger partial charge in [0.2, 0.25) is 0 Å². The van der Waals surface area contributed by atoms with Crippen LogP contribution in [0, 0.1) is 5.92 Å². The molecule has 2 amide bonds. The van der Waals surface area contributed by atoms with E-state index in [4.69, 9.17) is 9.47 Å². The van der Waals surface area contributed by atoms with Crippen LogP contribution in [-0.4, -0.2) is 36.9 Å². The molecule has 0 aromatic heterocycles. The summed E-state index contributed by atoms with van der Waals surface area (Å²) < 4.78 is 11.1. The molecule has 0 unspecified atom stereocenters. The lowest BCUT2D eigenvalue weighted by Gasteiger charge is -2.30. The third kappa shape index (κ3) is 3.97. The number of hydrogen-bond donors (Lipinski definition) is 1. The lowest BCUT2D eigenvalue weighted by Crippen LogP contribution is -2.38. The van der Waals surface area contributed by atoms with Crippen molar-refractivity contribution in [2.45, 2.75) is 19.8 Å². The predicted octanol–water partition coefficient (Wildman–Crippen LogP) is 3.94. The van der Waals surface area contributed by atoms with Gasteiger partial charge in [-0.05, 0) is 49.1 Å². The van der Waals surface area contributed by atoms with Crippen molar-refractivity contribution >= 4 is 23.6 Å². The maximum atomic E-state index is 12.8. The minimum atomic E-state index is -0.361. The van der Waals surface area contributed by atoms with Crippen LogP contribution in [0.25, 0.3) is 6.08 Å². The van der Waals surface area contributed by atoms with Crippen molar-refractivity contribution in [2.75, 3.05) is 25.5 Å². The highest BCUT2D eigenvalue weighted by molar-refractivity contribution is 6.09. The van der Waals surface area contributed by atoms with Gasteiger partial charge in [0.15, 0.2) is 11.5 Å². The van der Waals surface area contributed by atoms with Gasteiger partial charge in [0.25, 0.3) is 11.8 Å². The molecule has 1 N–H and O–H groups in total. The minimum Gasteiger partial charge on any atom is -0.496 e. The zero-order valence-corrected chi connectivity index (χ0v) is 16.6. The number of benzene rings is 2. The van der Waals surface area contributed by atoms with Gasteiger partial charge >= 0.3 is 0 Å². The van der Waals surface area contributed by atoms with E-state index in [0.717, 1.165) is 31.5 Å². The topological polar surface area (TPSA) is 67.9 Å². The second kappa shape index (κ2) is 7.99. The van der Waals surface area contributed by atoms with Crippen LogP contribution in [-0.2, 0) is 4.79 Å². The van der Waals surface area contributed by atoms with Crippen LogP contribution in [0.4, 0.5) is 5.69 Å². The highest BCUT2D eigenvalue weighted by Gasteiger charge is 2.26. The van der Waals surface area contributed by atoms with Crippen molar-refractivity contribution in [2.24, 2.45) is 5.92 Å². The Balaban J connectivity index is 1.56. The lowest BCUT2D eigenvalue weighted by molar-refractivity contribution is -0.115. The van der Waals surface area contributed by atoms with E-state index >= 15 is 0 Å². The van der Waals surface area contributed by atoms with Crippen LogP contribution in [0.5, 0.6) is 11.5 Å². The second-order valence-corrected chi connectivity index (χ2v) is 7.49. The van der Waals surface area contributed by atoms with Crippen molar-refractivity contribution in [3.8, 4) is 11.5 Å². The van der Waals surface area contributed by atoms with Gasteiger partial charge < -0.3 is 19.7 Å². The number of fused-ring (bicyclic) bond motifs is 1. The summed E-state index contributed by atoms with van der Waals surface area (Å²) in [6.45, 7) is 3.75. The van der Waals surface area contributed by atoms with E-state index in [0.29, 0.717) is 28.7 Å². The molecule has 2 aliphatic heterocycles. The number of nitrogens with zero attached hydrogens (tertiary/aromatic N) is 1. The van der Waals surface area contributed by atoms with Crippen LogP contribution in [0.15, 0.2) is 48.2 Å². The number of amides is 2. The molecule has 1 fully saturated rings. The minimum absolute atomic E-state index is 0.00990. The first kappa shape index (κ1) is 19.1. The number of nitrogens with one attached hydrogen (secondary N) is 1. The molecule has 150 valence electrons. The van der Waals surface area contributed by atoms with Crippen LogP contribution in [0.2, 0.25) is 0 Å². The summed E-state index contributed by atoms with van der Waals surface area (Å²) in [5.74, 6) is 1.62. The van der Waals surface area contributed by atoms with Crippen molar-refractivity contribution in [1.82, 2.24) is 4.90 Å². The third-order valence-corrected chi connectivity index (χ3v) is 5.41. The molecule has 6 nitrogen and oxygen atoms in total. The molecule has 6 heteroatoms. The summed E-state index contributed by atoms with van der Waals surface area (Å²) in [5.41, 5.74) is 1.80. The molecule has 4 rings (SSSR count). The smallest absolute Gasteiger partial charge is 0.291 e. The van der Waals surface area contributed by atoms with Crippen molar-refractivity contribution in [3.05, 3.63) is 59.4 Å². The monoisotopic (exact) mass is 392 g/mol. The molecule has 29 heavy (non-hydrogen) atoms. The van der Waals surface area contributed by atoms with Gasteiger partial charge in [-0.2, -0.15) is 0 Å². The molecule has 0 atom stereocenters. The van der Waals surface area contributed by atoms with Crippen LogP contribution >= 0.6 is 0 Å². The Morgan fingerprint density at radius 2 is 1.97 bits per heavy atom. The first-order chi connectivity index (χ1) is 14.0. The highest BCUT2D eigenvalue weighted by atomic mass is 16.5. The molecular weight excluding hydrogens is 368 g/mol. The quantitative estimate of drug-likeness (QED) is 0.804. The van der Waals surface area contributed by atoms with E-state index in [1.165, 1.54) is 0 Å². The van der Waals surface area contributed by atoms with Gasteiger partial charge in [0.05, 0.1) is 12.8 Å². The van der Waals surface area contributed by atoms with E-state index in [9.17, 15) is 9.59 Å². The zero-order chi connectivity index (χ0) is 20.4. The van der Waals surface area contributed by atoms with Crippen molar-refractivity contribution in [3.63, 3.8) is 0 Å². The summed E-state index contributed by atoms with van der Waals surface area (Å²) in [6.07, 6.45) is 3.69. The number of carbonyl (C=O) groups is 2. The molecular formula is C23H24N2O4. The predicted molar refractivity (Wildman–Crippen MR) is 111 cm³/mol. The Morgan fingerprint density at radius 3 is 2.72 bits per heavy atom. The molecule has 0 aliphatic carbocycles. The van der Waals surface area contributed by atoms with Crippen molar-refractivity contribution in [1.29, 1.82) is 0 Å². The number of hydrogen-bond acceptors (Lipinski definition) is 4. The average Bonchev–Trinajstić information content (AvgIpc) is 2.74. The van der Waals surface area contributed by atoms with Crippen LogP contribution in [0.3, 0.4) is 0 Å². The summed E-state index contributed by atoms with van der Waals surface area (Å²) in [7, 11) is 1.58. The standard InChI is InChI=1S/C23H24N2O4/c1-15-9-11-25(12-10-15)23(27)17-7-8-20-18(13-17)24-22(26)21(29-20)14-16-5-3-4-6-19(16)28-2/h3-8,13-15H,9-12H2,1-2H3,(H,24,26)/b21-14-. The highest BCUT2D eigenvalue weighted by Crippen LogP contribution is 2.33. The van der Waals surface area contributed by atoms with Crippen LogP contribution < -0.4 is 14.8 Å². The molecule has 0 saturated carbocycles. The fraction of sp³-hybridized carbons (Fsp3) is 0.304. The number of methoxy groups -OCH3 is 1. The third-order valence-electron chi connectivity index (χ3n) is 5.41. The van der Waals surface area contributed by atoms with Gasteiger partial charge in [0.1, 0.15) is 5.75 Å². The summed E-state index contributed by atoms with van der Waals surface area (Å²) >= 11 is 0. The number of para-hydroxylation sites is 1. The largest absolute Gasteiger partial charge is 0.496 e. The number of ether oxygens (including phenoxy) is 2. The van der Waals surface area contributed by atoms with E-state index < -0.39 is 0 Å². The van der Waals surface area contributed by atoms with Crippen molar-refractivity contribution < 1.29 is 19.1 Å². The maximum Gasteiger partial charge on any atom is 0.291 e. The Morgan fingerprint density at radius 1 is 1.21 bits per heavy atom. The normalized spacial score (nSPS) is 18.1. The Kier molecular flexibility index (Phi) is 5.25. The SMILES string of the molecule is COc1ccccc1/C=C1\Oc2ccc(C(=O)N3CCC(C)CC3)cc2NC1=O. The molecule has 2 aliphatic rings. The molecule has 0 radical (unpaired) electrons. The number of anilines is 1. The number of piperidine rings is 1. The molecule has 0 spiro atoms. The Hall–Kier alpha value is -3.28. The summed E-state index contributed by atoms with van der Waals surface area (Å²) in [5, 5.41) is 2.83. The molecule has 2 aromatic carbocycles. The van der Waals surface area contributed by atoms with Crippen LogP contribution in [0.1, 0.15) is 35.7 Å².